The molecular weight excluding hydrogens is 370 g/mol. The summed E-state index contributed by atoms with van der Waals surface area (Å²) in [5.41, 5.74) is 0.266. The molecule has 0 saturated carbocycles. The van der Waals surface area contributed by atoms with E-state index >= 15 is 0 Å². The molecule has 0 spiro atoms. The van der Waals surface area contributed by atoms with E-state index in [1.807, 2.05) is 0 Å². The van der Waals surface area contributed by atoms with Gasteiger partial charge in [-0.2, -0.15) is 5.10 Å². The Morgan fingerprint density at radius 2 is 2.25 bits per heavy atom. The number of halogens is 2. The van der Waals surface area contributed by atoms with Crippen molar-refractivity contribution in [2.75, 3.05) is 0 Å². The van der Waals surface area contributed by atoms with Crippen LogP contribution >= 0.6 is 27.5 Å². The summed E-state index contributed by atoms with van der Waals surface area (Å²) < 4.78 is 1.86. The van der Waals surface area contributed by atoms with Crippen LogP contribution in [-0.4, -0.2) is 21.1 Å². The van der Waals surface area contributed by atoms with Gasteiger partial charge < -0.3 is 4.79 Å². The maximum absolute atomic E-state index is 10.6. The van der Waals surface area contributed by atoms with E-state index in [4.69, 9.17) is 11.6 Å². The second kappa shape index (κ2) is 6.01. The molecule has 2 aromatic heterocycles. The number of hydrogen-bond donors (Lipinski definition) is 0. The molecule has 2 rings (SSSR count). The Labute approximate surface area is 130 Å². The van der Waals surface area contributed by atoms with E-state index in [0.29, 0.717) is 15.4 Å². The molecule has 0 aliphatic carbocycles. The average molecular weight is 374 g/mol. The van der Waals surface area contributed by atoms with E-state index in [-0.39, 0.29) is 38.4 Å². The van der Waals surface area contributed by atoms with Gasteiger partial charge in [-0.15, -0.1) is 6.07 Å². The summed E-state index contributed by atoms with van der Waals surface area (Å²) in [4.78, 5) is 14.7. The minimum absolute atomic E-state index is 0. The largest absolute Gasteiger partial charge is 0.417 e. The maximum atomic E-state index is 10.6. The molecule has 0 unspecified atom stereocenters. The van der Waals surface area contributed by atoms with Crippen LogP contribution in [0.2, 0.25) is 5.02 Å². The second-order valence-corrected chi connectivity index (χ2v) is 3.89. The van der Waals surface area contributed by atoms with Crippen molar-refractivity contribution in [2.45, 2.75) is 0 Å². The fraction of sp³-hybridized carbons (Fsp3) is 0. The Morgan fingerprint density at radius 1 is 1.50 bits per heavy atom. The Morgan fingerprint density at radius 3 is 2.88 bits per heavy atom. The molecule has 0 saturated heterocycles. The van der Waals surface area contributed by atoms with Crippen molar-refractivity contribution in [2.24, 2.45) is 0 Å². The molecule has 0 bridgehead atoms. The van der Waals surface area contributed by atoms with Crippen LogP contribution in [0.25, 0.3) is 5.82 Å². The first kappa shape index (κ1) is 14.0. The molecule has 1 radical (unpaired) electrons. The van der Waals surface area contributed by atoms with Gasteiger partial charge in [-0.1, -0.05) is 17.3 Å². The average Bonchev–Trinajstić information content (AvgIpc) is 2.60. The number of pyridine rings is 1. The number of nitrogens with zero attached hydrogens (tertiary/aromatic N) is 3. The minimum atomic E-state index is 0. The van der Waals surface area contributed by atoms with Crippen molar-refractivity contribution in [3.05, 3.63) is 39.7 Å². The zero-order valence-corrected chi connectivity index (χ0v) is 13.1. The first-order valence-electron chi connectivity index (χ1n) is 3.97. The normalized spacial score (nSPS) is 9.62. The van der Waals surface area contributed by atoms with Gasteiger partial charge in [-0.05, 0) is 28.1 Å². The minimum Gasteiger partial charge on any atom is -0.417 e. The Kier molecular flexibility index (Phi) is 5.24. The summed E-state index contributed by atoms with van der Waals surface area (Å²) in [6, 6.07) is 4.92. The molecular formula is C9H4BrClN3OY-. The van der Waals surface area contributed by atoms with Gasteiger partial charge in [0.25, 0.3) is 0 Å². The Hall–Kier alpha value is -0.0961. The van der Waals surface area contributed by atoms with Gasteiger partial charge in [0.1, 0.15) is 0 Å². The summed E-state index contributed by atoms with van der Waals surface area (Å²) in [7, 11) is 0. The van der Waals surface area contributed by atoms with Gasteiger partial charge in [0.2, 0.25) is 0 Å². The molecule has 79 valence electrons. The molecule has 0 aromatic carbocycles. The molecule has 0 fully saturated rings. The van der Waals surface area contributed by atoms with Gasteiger partial charge >= 0.3 is 0 Å². The van der Waals surface area contributed by atoms with E-state index in [1.165, 1.54) is 10.7 Å². The topological polar surface area (TPSA) is 47.8 Å². The van der Waals surface area contributed by atoms with Crippen LogP contribution in [-0.2, 0) is 37.5 Å². The SMILES string of the molecule is O=[C-]c1cc(Br)nn1-c1ncccc1Cl.[Y]. The Bertz CT molecular complexity index is 517. The summed E-state index contributed by atoms with van der Waals surface area (Å²) >= 11 is 9.09. The number of aromatic nitrogens is 3. The summed E-state index contributed by atoms with van der Waals surface area (Å²) in [5, 5.41) is 4.46. The molecule has 0 atom stereocenters. The van der Waals surface area contributed by atoms with E-state index in [9.17, 15) is 4.79 Å². The third-order valence-corrected chi connectivity index (χ3v) is 2.41. The van der Waals surface area contributed by atoms with Crippen LogP contribution in [0.15, 0.2) is 29.0 Å². The van der Waals surface area contributed by atoms with Gasteiger partial charge in [0.05, 0.1) is 5.02 Å². The fourth-order valence-electron chi connectivity index (χ4n) is 1.12. The molecule has 0 aliphatic rings. The second-order valence-electron chi connectivity index (χ2n) is 2.67. The molecule has 0 aliphatic heterocycles. The summed E-state index contributed by atoms with van der Waals surface area (Å²) in [6.45, 7) is 0. The van der Waals surface area contributed by atoms with E-state index in [0.717, 1.165) is 0 Å². The van der Waals surface area contributed by atoms with Crippen molar-refractivity contribution in [3.8, 4) is 5.82 Å². The monoisotopic (exact) mass is 373 g/mol. The quantitative estimate of drug-likeness (QED) is 0.757. The molecule has 0 N–H and O–H groups in total. The smallest absolute Gasteiger partial charge is 0.169 e. The van der Waals surface area contributed by atoms with E-state index in [1.54, 1.807) is 24.6 Å². The zero-order valence-electron chi connectivity index (χ0n) is 7.89. The van der Waals surface area contributed by atoms with Crippen molar-refractivity contribution >= 4 is 33.8 Å². The van der Waals surface area contributed by atoms with E-state index in [2.05, 4.69) is 26.0 Å². The number of rotatable bonds is 2. The standard InChI is InChI=1S/C9H4BrClN3O.Y/c10-8-4-6(5-15)14(13-8)9-7(11)2-1-3-12-9;/h1-4H;/q-1;. The van der Waals surface area contributed by atoms with E-state index < -0.39 is 0 Å². The molecule has 0 amide bonds. The van der Waals surface area contributed by atoms with Crippen LogP contribution in [0, 0.1) is 0 Å². The first-order valence-corrected chi connectivity index (χ1v) is 5.14. The third kappa shape index (κ3) is 2.77. The van der Waals surface area contributed by atoms with Crippen molar-refractivity contribution in [1.82, 2.24) is 14.8 Å². The van der Waals surface area contributed by atoms with Crippen LogP contribution in [0.4, 0.5) is 0 Å². The zero-order chi connectivity index (χ0) is 10.8. The molecule has 2 heterocycles. The van der Waals surface area contributed by atoms with Crippen molar-refractivity contribution in [3.63, 3.8) is 0 Å². The summed E-state index contributed by atoms with van der Waals surface area (Å²) in [6.07, 6.45) is 3.34. The third-order valence-electron chi connectivity index (χ3n) is 1.72. The summed E-state index contributed by atoms with van der Waals surface area (Å²) in [5.74, 6) is 0.406. The first-order chi connectivity index (χ1) is 7.22. The van der Waals surface area contributed by atoms with Crippen molar-refractivity contribution in [1.29, 1.82) is 0 Å². The maximum Gasteiger partial charge on any atom is 0.169 e. The van der Waals surface area contributed by atoms with Crippen LogP contribution in [0.5, 0.6) is 0 Å². The molecule has 2 aromatic rings. The Balaban J connectivity index is 0.00000128. The predicted molar refractivity (Wildman–Crippen MR) is 58.9 cm³/mol. The fourth-order valence-corrected chi connectivity index (χ4v) is 1.70. The van der Waals surface area contributed by atoms with Gasteiger partial charge in [-0.25, -0.2) is 9.67 Å². The number of carbonyl (C=O) groups excluding carboxylic acids is 1. The van der Waals surface area contributed by atoms with Gasteiger partial charge in [0.15, 0.2) is 5.82 Å². The van der Waals surface area contributed by atoms with Gasteiger partial charge in [0, 0.05) is 49.8 Å². The van der Waals surface area contributed by atoms with Crippen LogP contribution in [0.3, 0.4) is 0 Å². The number of hydrogen-bond acceptors (Lipinski definition) is 3. The van der Waals surface area contributed by atoms with Crippen molar-refractivity contribution < 1.29 is 37.5 Å². The van der Waals surface area contributed by atoms with Gasteiger partial charge in [-0.3, -0.25) is 0 Å². The molecule has 16 heavy (non-hydrogen) atoms. The van der Waals surface area contributed by atoms with Crippen LogP contribution < -0.4 is 0 Å². The van der Waals surface area contributed by atoms with Crippen LogP contribution in [0.1, 0.15) is 5.69 Å². The molecule has 4 nitrogen and oxygen atoms in total. The predicted octanol–water partition coefficient (Wildman–Crippen LogP) is 2.14. The molecule has 7 heteroatoms.